The second-order valence-corrected chi connectivity index (χ2v) is 4.42. The van der Waals surface area contributed by atoms with Crippen LogP contribution in [0.5, 0.6) is 0 Å². The molecule has 0 aromatic heterocycles. The van der Waals surface area contributed by atoms with Gasteiger partial charge in [0, 0.05) is 12.8 Å². The van der Waals surface area contributed by atoms with Crippen LogP contribution in [0.25, 0.3) is 0 Å². The van der Waals surface area contributed by atoms with Crippen molar-refractivity contribution in [1.29, 1.82) is 0 Å². The molecule has 1 rings (SSSR count). The van der Waals surface area contributed by atoms with E-state index in [0.29, 0.717) is 19.3 Å². The molecular formula is C11H17NO4. The number of imide groups is 1. The van der Waals surface area contributed by atoms with Gasteiger partial charge in [0.2, 0.25) is 11.8 Å². The van der Waals surface area contributed by atoms with Crippen LogP contribution in [-0.4, -0.2) is 33.8 Å². The maximum Gasteiger partial charge on any atom is 0.305 e. The number of nitrogens with zero attached hydrogens (tertiary/aromatic N) is 1. The Morgan fingerprint density at radius 2 is 1.81 bits per heavy atom. The van der Waals surface area contributed by atoms with Crippen molar-refractivity contribution in [1.82, 2.24) is 4.90 Å². The summed E-state index contributed by atoms with van der Waals surface area (Å²) in [7, 11) is 0. The van der Waals surface area contributed by atoms with E-state index in [9.17, 15) is 14.4 Å². The standard InChI is InChI=1S/C11H17NO4/c1-7(2)8(6-11(15)16)12-9(13)4-3-5-10(12)14/h7-8H,3-6H2,1-2H3,(H,15,16). The molecule has 1 N–H and O–H groups in total. The van der Waals surface area contributed by atoms with Crippen molar-refractivity contribution in [2.75, 3.05) is 0 Å². The summed E-state index contributed by atoms with van der Waals surface area (Å²) in [5.74, 6) is -1.50. The number of hydrogen-bond donors (Lipinski definition) is 1. The van der Waals surface area contributed by atoms with Crippen molar-refractivity contribution in [3.8, 4) is 0 Å². The predicted molar refractivity (Wildman–Crippen MR) is 56.6 cm³/mol. The van der Waals surface area contributed by atoms with Crippen LogP contribution in [0, 0.1) is 5.92 Å². The lowest BCUT2D eigenvalue weighted by molar-refractivity contribution is -0.153. The topological polar surface area (TPSA) is 74.7 Å². The highest BCUT2D eigenvalue weighted by Gasteiger charge is 2.35. The first kappa shape index (κ1) is 12.7. The lowest BCUT2D eigenvalue weighted by atomic mass is 9.96. The molecule has 0 aromatic rings. The summed E-state index contributed by atoms with van der Waals surface area (Å²) in [6.07, 6.45) is 1.09. The van der Waals surface area contributed by atoms with Crippen LogP contribution in [0.1, 0.15) is 39.5 Å². The van der Waals surface area contributed by atoms with Crippen molar-refractivity contribution < 1.29 is 19.5 Å². The minimum absolute atomic E-state index is 0.0397. The van der Waals surface area contributed by atoms with E-state index in [0.717, 1.165) is 4.90 Å². The van der Waals surface area contributed by atoms with Crippen molar-refractivity contribution in [2.24, 2.45) is 5.92 Å². The highest BCUT2D eigenvalue weighted by Crippen LogP contribution is 2.22. The van der Waals surface area contributed by atoms with E-state index in [4.69, 9.17) is 5.11 Å². The zero-order valence-electron chi connectivity index (χ0n) is 9.60. The number of likely N-dealkylation sites (tertiary alicyclic amines) is 1. The Balaban J connectivity index is 2.86. The number of carboxylic acid groups (broad SMARTS) is 1. The number of hydrogen-bond acceptors (Lipinski definition) is 3. The molecule has 0 bridgehead atoms. The molecule has 0 spiro atoms. The molecule has 1 saturated heterocycles. The number of amides is 2. The van der Waals surface area contributed by atoms with Gasteiger partial charge in [0.05, 0.1) is 12.5 Å². The summed E-state index contributed by atoms with van der Waals surface area (Å²) in [4.78, 5) is 35.2. The molecule has 0 radical (unpaired) electrons. The lowest BCUT2D eigenvalue weighted by Gasteiger charge is -2.34. The first-order valence-electron chi connectivity index (χ1n) is 5.50. The molecule has 0 aromatic carbocycles. The van der Waals surface area contributed by atoms with Crippen molar-refractivity contribution in [3.05, 3.63) is 0 Å². The second kappa shape index (κ2) is 5.09. The van der Waals surface area contributed by atoms with Gasteiger partial charge in [-0.05, 0) is 12.3 Å². The fourth-order valence-corrected chi connectivity index (χ4v) is 1.94. The fourth-order valence-electron chi connectivity index (χ4n) is 1.94. The van der Waals surface area contributed by atoms with Gasteiger partial charge >= 0.3 is 5.97 Å². The number of carbonyl (C=O) groups excluding carboxylic acids is 2. The van der Waals surface area contributed by atoms with Crippen LogP contribution in [0.3, 0.4) is 0 Å². The Labute approximate surface area is 94.4 Å². The van der Waals surface area contributed by atoms with Gasteiger partial charge in [-0.25, -0.2) is 0 Å². The zero-order valence-corrected chi connectivity index (χ0v) is 9.60. The number of piperidine rings is 1. The minimum Gasteiger partial charge on any atom is -0.481 e. The summed E-state index contributed by atoms with van der Waals surface area (Å²) in [5, 5.41) is 8.79. The molecule has 1 aliphatic heterocycles. The van der Waals surface area contributed by atoms with Gasteiger partial charge in [-0.1, -0.05) is 13.8 Å². The van der Waals surface area contributed by atoms with Crippen molar-refractivity contribution in [2.45, 2.75) is 45.6 Å². The molecule has 5 nitrogen and oxygen atoms in total. The second-order valence-electron chi connectivity index (χ2n) is 4.42. The van der Waals surface area contributed by atoms with Gasteiger partial charge in [-0.2, -0.15) is 0 Å². The SMILES string of the molecule is CC(C)C(CC(=O)O)N1C(=O)CCCC1=O. The van der Waals surface area contributed by atoms with E-state index in [2.05, 4.69) is 0 Å². The van der Waals surface area contributed by atoms with Gasteiger partial charge in [0.15, 0.2) is 0 Å². The van der Waals surface area contributed by atoms with E-state index in [1.807, 2.05) is 13.8 Å². The molecule has 5 heteroatoms. The Hall–Kier alpha value is -1.39. The van der Waals surface area contributed by atoms with Gasteiger partial charge in [-0.3, -0.25) is 19.3 Å². The van der Waals surface area contributed by atoms with E-state index in [1.54, 1.807) is 0 Å². The number of rotatable bonds is 4. The van der Waals surface area contributed by atoms with Crippen LogP contribution in [0.4, 0.5) is 0 Å². The smallest absolute Gasteiger partial charge is 0.305 e. The van der Waals surface area contributed by atoms with Crippen LogP contribution in [0.15, 0.2) is 0 Å². The predicted octanol–water partition coefficient (Wildman–Crippen LogP) is 1.02. The average Bonchev–Trinajstić information content (AvgIpc) is 2.15. The molecule has 1 aliphatic rings. The average molecular weight is 227 g/mol. The van der Waals surface area contributed by atoms with Gasteiger partial charge in [-0.15, -0.1) is 0 Å². The first-order chi connectivity index (χ1) is 7.43. The maximum atomic E-state index is 11.6. The summed E-state index contributed by atoms with van der Waals surface area (Å²) >= 11 is 0. The monoisotopic (exact) mass is 227 g/mol. The minimum atomic E-state index is -0.982. The molecule has 1 atom stereocenters. The van der Waals surface area contributed by atoms with Crippen molar-refractivity contribution in [3.63, 3.8) is 0 Å². The molecule has 2 amide bonds. The first-order valence-corrected chi connectivity index (χ1v) is 5.50. The molecule has 1 heterocycles. The Kier molecular flexibility index (Phi) is 4.04. The molecule has 0 saturated carbocycles. The maximum absolute atomic E-state index is 11.6. The van der Waals surface area contributed by atoms with Crippen molar-refractivity contribution >= 4 is 17.8 Å². The largest absolute Gasteiger partial charge is 0.481 e. The van der Waals surface area contributed by atoms with Crippen LogP contribution >= 0.6 is 0 Å². The Morgan fingerprint density at radius 1 is 1.31 bits per heavy atom. The van der Waals surface area contributed by atoms with Gasteiger partial charge in [0.1, 0.15) is 0 Å². The zero-order chi connectivity index (χ0) is 12.3. The summed E-state index contributed by atoms with van der Waals surface area (Å²) in [6, 6.07) is -0.516. The normalized spacial score (nSPS) is 19.1. The third-order valence-electron chi connectivity index (χ3n) is 2.80. The quantitative estimate of drug-likeness (QED) is 0.728. The number of aliphatic carboxylic acids is 1. The Morgan fingerprint density at radius 3 is 2.19 bits per heavy atom. The van der Waals surface area contributed by atoms with E-state index < -0.39 is 12.0 Å². The fraction of sp³-hybridized carbons (Fsp3) is 0.727. The van der Waals surface area contributed by atoms with E-state index >= 15 is 0 Å². The van der Waals surface area contributed by atoms with E-state index in [-0.39, 0.29) is 24.2 Å². The molecular weight excluding hydrogens is 210 g/mol. The summed E-state index contributed by atoms with van der Waals surface area (Å²) in [6.45, 7) is 3.64. The Bertz CT molecular complexity index is 295. The van der Waals surface area contributed by atoms with Crippen LogP contribution in [0.2, 0.25) is 0 Å². The molecule has 90 valence electrons. The van der Waals surface area contributed by atoms with E-state index in [1.165, 1.54) is 0 Å². The van der Waals surface area contributed by atoms with Gasteiger partial charge < -0.3 is 5.11 Å². The summed E-state index contributed by atoms with van der Waals surface area (Å²) < 4.78 is 0. The molecule has 0 aliphatic carbocycles. The molecule has 1 unspecified atom stereocenters. The number of carbonyl (C=O) groups is 3. The lowest BCUT2D eigenvalue weighted by Crippen LogP contribution is -2.50. The number of carboxylic acids is 1. The third kappa shape index (κ3) is 2.81. The van der Waals surface area contributed by atoms with Gasteiger partial charge in [0.25, 0.3) is 0 Å². The third-order valence-corrected chi connectivity index (χ3v) is 2.80. The highest BCUT2D eigenvalue weighted by molar-refractivity contribution is 5.98. The van der Waals surface area contributed by atoms with Crippen LogP contribution in [-0.2, 0) is 14.4 Å². The summed E-state index contributed by atoms with van der Waals surface area (Å²) in [5.41, 5.74) is 0. The molecule has 1 fully saturated rings. The molecule has 16 heavy (non-hydrogen) atoms. The highest BCUT2D eigenvalue weighted by atomic mass is 16.4. The van der Waals surface area contributed by atoms with Crippen LogP contribution < -0.4 is 0 Å².